The van der Waals surface area contributed by atoms with Crippen LogP contribution in [0.3, 0.4) is 0 Å². The van der Waals surface area contributed by atoms with Crippen molar-refractivity contribution in [1.29, 1.82) is 0 Å². The molecule has 1 aliphatic carbocycles. The SMILES string of the molecule is CCCC(C)(CNC)CN(C)C1CC1. The number of rotatable bonds is 7. The smallest absolute Gasteiger partial charge is 0.00936 e. The number of hydrogen-bond donors (Lipinski definition) is 1. The highest BCUT2D eigenvalue weighted by Crippen LogP contribution is 2.30. The van der Waals surface area contributed by atoms with Gasteiger partial charge in [-0.15, -0.1) is 0 Å². The molecule has 1 atom stereocenters. The van der Waals surface area contributed by atoms with E-state index in [9.17, 15) is 0 Å². The Hall–Kier alpha value is -0.0800. The number of hydrogen-bond acceptors (Lipinski definition) is 2. The Morgan fingerprint density at radius 2 is 2.07 bits per heavy atom. The third-order valence-corrected chi connectivity index (χ3v) is 3.26. The minimum atomic E-state index is 0.459. The van der Waals surface area contributed by atoms with Gasteiger partial charge in [0.15, 0.2) is 0 Å². The zero-order chi connectivity index (χ0) is 10.6. The molecule has 0 aromatic heterocycles. The summed E-state index contributed by atoms with van der Waals surface area (Å²) in [6, 6.07) is 0.892. The summed E-state index contributed by atoms with van der Waals surface area (Å²) >= 11 is 0. The topological polar surface area (TPSA) is 15.3 Å². The summed E-state index contributed by atoms with van der Waals surface area (Å²) < 4.78 is 0. The predicted octanol–water partition coefficient (Wildman–Crippen LogP) is 2.11. The average molecular weight is 198 g/mol. The van der Waals surface area contributed by atoms with Gasteiger partial charge in [0.05, 0.1) is 0 Å². The molecular formula is C12H26N2. The van der Waals surface area contributed by atoms with Gasteiger partial charge in [0.1, 0.15) is 0 Å². The fourth-order valence-electron chi connectivity index (χ4n) is 2.50. The molecular weight excluding hydrogens is 172 g/mol. The molecule has 0 spiro atoms. The highest BCUT2D eigenvalue weighted by molar-refractivity contribution is 4.87. The maximum absolute atomic E-state index is 3.33. The highest BCUT2D eigenvalue weighted by atomic mass is 15.2. The summed E-state index contributed by atoms with van der Waals surface area (Å²) in [7, 11) is 4.34. The van der Waals surface area contributed by atoms with E-state index in [1.54, 1.807) is 0 Å². The first-order chi connectivity index (χ1) is 6.61. The Labute approximate surface area is 89.1 Å². The largest absolute Gasteiger partial charge is 0.319 e. The highest BCUT2D eigenvalue weighted by Gasteiger charge is 2.31. The predicted molar refractivity (Wildman–Crippen MR) is 62.6 cm³/mol. The Balaban J connectivity index is 2.39. The van der Waals surface area contributed by atoms with E-state index < -0.39 is 0 Å². The standard InChI is InChI=1S/C12H26N2/c1-5-8-12(2,9-13-3)10-14(4)11-6-7-11/h11,13H,5-10H2,1-4H3. The molecule has 0 amide bonds. The molecule has 0 aromatic rings. The van der Waals surface area contributed by atoms with E-state index in [4.69, 9.17) is 0 Å². The van der Waals surface area contributed by atoms with Crippen LogP contribution in [0.25, 0.3) is 0 Å². The first kappa shape index (κ1) is 12.0. The van der Waals surface area contributed by atoms with Crippen molar-refractivity contribution in [3.63, 3.8) is 0 Å². The lowest BCUT2D eigenvalue weighted by molar-refractivity contribution is 0.170. The van der Waals surface area contributed by atoms with Gasteiger partial charge < -0.3 is 10.2 Å². The van der Waals surface area contributed by atoms with Gasteiger partial charge in [-0.1, -0.05) is 20.3 Å². The van der Waals surface area contributed by atoms with Crippen molar-refractivity contribution < 1.29 is 0 Å². The maximum Gasteiger partial charge on any atom is 0.00936 e. The zero-order valence-electron chi connectivity index (χ0n) is 10.3. The molecule has 84 valence electrons. The van der Waals surface area contributed by atoms with E-state index in [0.29, 0.717) is 5.41 Å². The van der Waals surface area contributed by atoms with Gasteiger partial charge in [0.2, 0.25) is 0 Å². The van der Waals surface area contributed by atoms with Crippen molar-refractivity contribution in [2.75, 3.05) is 27.2 Å². The molecule has 1 N–H and O–H groups in total. The molecule has 1 fully saturated rings. The number of nitrogens with zero attached hydrogens (tertiary/aromatic N) is 1. The van der Waals surface area contributed by atoms with Crippen LogP contribution in [0.5, 0.6) is 0 Å². The lowest BCUT2D eigenvalue weighted by Crippen LogP contribution is -2.40. The van der Waals surface area contributed by atoms with Crippen molar-refractivity contribution in [1.82, 2.24) is 10.2 Å². The van der Waals surface area contributed by atoms with Gasteiger partial charge in [-0.05, 0) is 38.8 Å². The Kier molecular flexibility index (Phi) is 4.39. The second kappa shape index (κ2) is 5.13. The van der Waals surface area contributed by atoms with Crippen LogP contribution in [0, 0.1) is 5.41 Å². The van der Waals surface area contributed by atoms with Crippen molar-refractivity contribution in [2.24, 2.45) is 5.41 Å². The van der Waals surface area contributed by atoms with Crippen molar-refractivity contribution >= 4 is 0 Å². The van der Waals surface area contributed by atoms with E-state index in [1.807, 2.05) is 0 Å². The first-order valence-electron chi connectivity index (χ1n) is 5.96. The quantitative estimate of drug-likeness (QED) is 0.674. The van der Waals surface area contributed by atoms with E-state index in [1.165, 1.54) is 32.2 Å². The first-order valence-corrected chi connectivity index (χ1v) is 5.96. The van der Waals surface area contributed by atoms with E-state index in [0.717, 1.165) is 12.6 Å². The lowest BCUT2D eigenvalue weighted by Gasteiger charge is -2.33. The Morgan fingerprint density at radius 1 is 1.43 bits per heavy atom. The van der Waals surface area contributed by atoms with Crippen LogP contribution in [-0.2, 0) is 0 Å². The molecule has 0 radical (unpaired) electrons. The van der Waals surface area contributed by atoms with Crippen LogP contribution in [0.4, 0.5) is 0 Å². The molecule has 0 aliphatic heterocycles. The fraction of sp³-hybridized carbons (Fsp3) is 1.00. The van der Waals surface area contributed by atoms with Crippen molar-refractivity contribution in [3.05, 3.63) is 0 Å². The van der Waals surface area contributed by atoms with Crippen LogP contribution in [0.1, 0.15) is 39.5 Å². The molecule has 0 saturated heterocycles. The normalized spacial score (nSPS) is 21.2. The molecule has 0 bridgehead atoms. The van der Waals surface area contributed by atoms with Crippen LogP contribution in [0.15, 0.2) is 0 Å². The van der Waals surface area contributed by atoms with E-state index >= 15 is 0 Å². The second-order valence-electron chi connectivity index (χ2n) is 5.24. The van der Waals surface area contributed by atoms with Gasteiger partial charge >= 0.3 is 0 Å². The maximum atomic E-state index is 3.33. The minimum Gasteiger partial charge on any atom is -0.319 e. The summed E-state index contributed by atoms with van der Waals surface area (Å²) in [5.74, 6) is 0. The molecule has 2 heteroatoms. The van der Waals surface area contributed by atoms with Crippen LogP contribution >= 0.6 is 0 Å². The molecule has 1 saturated carbocycles. The van der Waals surface area contributed by atoms with Crippen LogP contribution < -0.4 is 5.32 Å². The second-order valence-corrected chi connectivity index (χ2v) is 5.24. The summed E-state index contributed by atoms with van der Waals surface area (Å²) in [4.78, 5) is 2.55. The number of nitrogens with one attached hydrogen (secondary N) is 1. The van der Waals surface area contributed by atoms with Crippen LogP contribution in [-0.4, -0.2) is 38.1 Å². The molecule has 14 heavy (non-hydrogen) atoms. The van der Waals surface area contributed by atoms with Gasteiger partial charge in [-0.25, -0.2) is 0 Å². The van der Waals surface area contributed by atoms with Crippen LogP contribution in [0.2, 0.25) is 0 Å². The Bertz CT molecular complexity index is 158. The molecule has 0 heterocycles. The third-order valence-electron chi connectivity index (χ3n) is 3.26. The van der Waals surface area contributed by atoms with E-state index in [2.05, 4.69) is 38.2 Å². The molecule has 2 nitrogen and oxygen atoms in total. The van der Waals surface area contributed by atoms with Gasteiger partial charge in [-0.3, -0.25) is 0 Å². The molecule has 1 rings (SSSR count). The Morgan fingerprint density at radius 3 is 2.50 bits per heavy atom. The van der Waals surface area contributed by atoms with Crippen molar-refractivity contribution in [3.8, 4) is 0 Å². The molecule has 1 aliphatic rings. The zero-order valence-corrected chi connectivity index (χ0v) is 10.3. The monoisotopic (exact) mass is 198 g/mol. The lowest BCUT2D eigenvalue weighted by atomic mass is 9.85. The summed E-state index contributed by atoms with van der Waals surface area (Å²) in [5, 5.41) is 3.33. The summed E-state index contributed by atoms with van der Waals surface area (Å²) in [6.45, 7) is 7.07. The van der Waals surface area contributed by atoms with Gasteiger partial charge in [0, 0.05) is 19.1 Å². The molecule has 1 unspecified atom stereocenters. The van der Waals surface area contributed by atoms with E-state index in [-0.39, 0.29) is 0 Å². The minimum absolute atomic E-state index is 0.459. The fourth-order valence-corrected chi connectivity index (χ4v) is 2.50. The summed E-state index contributed by atoms with van der Waals surface area (Å²) in [5.41, 5.74) is 0.459. The average Bonchev–Trinajstić information content (AvgIpc) is 2.85. The third kappa shape index (κ3) is 3.58. The van der Waals surface area contributed by atoms with Gasteiger partial charge in [-0.2, -0.15) is 0 Å². The summed E-state index contributed by atoms with van der Waals surface area (Å²) in [6.07, 6.45) is 5.44. The van der Waals surface area contributed by atoms with Crippen molar-refractivity contribution in [2.45, 2.75) is 45.6 Å². The molecule has 0 aromatic carbocycles. The van der Waals surface area contributed by atoms with Gasteiger partial charge in [0.25, 0.3) is 0 Å².